The molecule has 3 aromatic rings. The second-order valence-corrected chi connectivity index (χ2v) is 8.08. The normalized spacial score (nSPS) is 15.9. The molecule has 0 amide bonds. The molecule has 0 spiro atoms. The molecule has 2 N–H and O–H groups in total. The Bertz CT molecular complexity index is 1030. The van der Waals surface area contributed by atoms with E-state index in [0.717, 1.165) is 16.7 Å². The van der Waals surface area contributed by atoms with Gasteiger partial charge < -0.3 is 10.4 Å². The van der Waals surface area contributed by atoms with Gasteiger partial charge in [-0.2, -0.15) is 0 Å². The minimum atomic E-state index is -1.56. The van der Waals surface area contributed by atoms with E-state index in [0.29, 0.717) is 0 Å². The quantitative estimate of drug-likeness (QED) is 0.596. The monoisotopic (exact) mass is 416 g/mol. The van der Waals surface area contributed by atoms with Crippen LogP contribution in [-0.4, -0.2) is 20.5 Å². The number of carbonyl (C=O) groups is 1. The van der Waals surface area contributed by atoms with Crippen LogP contribution < -0.4 is 5.32 Å². The summed E-state index contributed by atoms with van der Waals surface area (Å²) in [7, 11) is -1.56. The van der Waals surface area contributed by atoms with Gasteiger partial charge >= 0.3 is 5.97 Å². The molecule has 3 aromatic carbocycles. The molecule has 0 saturated heterocycles. The van der Waals surface area contributed by atoms with Crippen molar-refractivity contribution in [3.05, 3.63) is 119 Å². The molecule has 5 nitrogen and oxygen atoms in total. The predicted molar refractivity (Wildman–Crippen MR) is 118 cm³/mol. The smallest absolute Gasteiger partial charge is 0.309 e. The first-order valence-electron chi connectivity index (χ1n) is 9.46. The molecule has 0 aliphatic carbocycles. The topological polar surface area (TPSA) is 78.8 Å². The van der Waals surface area contributed by atoms with Crippen molar-refractivity contribution >= 4 is 21.9 Å². The van der Waals surface area contributed by atoms with Crippen LogP contribution in [0.25, 0.3) is 0 Å². The highest BCUT2D eigenvalue weighted by molar-refractivity contribution is 8.03. The first-order chi connectivity index (χ1) is 14.6. The number of carboxylic acid groups (broad SMARTS) is 1. The fourth-order valence-electron chi connectivity index (χ4n) is 3.64. The third kappa shape index (κ3) is 3.82. The molecule has 0 aromatic heterocycles. The van der Waals surface area contributed by atoms with E-state index in [1.165, 1.54) is 5.41 Å². The van der Waals surface area contributed by atoms with E-state index in [1.54, 1.807) is 0 Å². The number of aliphatic carboxylic acids is 1. The van der Waals surface area contributed by atoms with Gasteiger partial charge in [0.1, 0.15) is 16.3 Å². The van der Waals surface area contributed by atoms with E-state index in [9.17, 15) is 9.00 Å². The summed E-state index contributed by atoms with van der Waals surface area (Å²) in [5.74, 6) is -1.01. The standard InChI is InChI=1S/C24H20N2O3S/c27-22(28)16-21-17-30(29)23(25-21)26-24(18-10-4-1-5-11-18,19-12-6-2-7-13-19)20-14-8-3-9-15-20/h1-15,17H,16H2,(H,25,26)(H,27,28). The Hall–Kier alpha value is -3.51. The second kappa shape index (κ2) is 8.47. The summed E-state index contributed by atoms with van der Waals surface area (Å²) < 4.78 is 12.8. The predicted octanol–water partition coefficient (Wildman–Crippen LogP) is 4.00. The number of nitrogens with zero attached hydrogens (tertiary/aromatic N) is 1. The summed E-state index contributed by atoms with van der Waals surface area (Å²) in [6.45, 7) is 0. The van der Waals surface area contributed by atoms with E-state index in [2.05, 4.69) is 10.3 Å². The highest BCUT2D eigenvalue weighted by Crippen LogP contribution is 2.37. The third-order valence-electron chi connectivity index (χ3n) is 4.93. The van der Waals surface area contributed by atoms with Gasteiger partial charge in [0.15, 0.2) is 5.17 Å². The largest absolute Gasteiger partial charge is 0.481 e. The lowest BCUT2D eigenvalue weighted by atomic mass is 9.77. The van der Waals surface area contributed by atoms with Gasteiger partial charge in [0, 0.05) is 5.41 Å². The Labute approximate surface area is 177 Å². The van der Waals surface area contributed by atoms with Crippen LogP contribution in [0.3, 0.4) is 0 Å². The summed E-state index contributed by atoms with van der Waals surface area (Å²) in [6.07, 6.45) is -0.272. The molecular formula is C24H20N2O3S. The SMILES string of the molecule is O=C(O)CC1=CS(=O)C(NC(c2ccccc2)(c2ccccc2)c2ccccc2)=N1. The van der Waals surface area contributed by atoms with Gasteiger partial charge in [-0.25, -0.2) is 9.20 Å². The van der Waals surface area contributed by atoms with Crippen molar-refractivity contribution in [1.29, 1.82) is 0 Å². The molecule has 1 atom stereocenters. The van der Waals surface area contributed by atoms with Crippen LogP contribution in [0.15, 0.2) is 107 Å². The maximum atomic E-state index is 12.8. The minimum Gasteiger partial charge on any atom is -0.481 e. The highest BCUT2D eigenvalue weighted by Gasteiger charge is 2.39. The van der Waals surface area contributed by atoms with Crippen LogP contribution in [0.2, 0.25) is 0 Å². The maximum absolute atomic E-state index is 12.8. The lowest BCUT2D eigenvalue weighted by molar-refractivity contribution is -0.136. The molecule has 6 heteroatoms. The Morgan fingerprint density at radius 1 is 0.833 bits per heavy atom. The number of aliphatic imine (C=N–C) groups is 1. The van der Waals surface area contributed by atoms with Crippen molar-refractivity contribution in [2.24, 2.45) is 4.99 Å². The minimum absolute atomic E-state index is 0.239. The van der Waals surface area contributed by atoms with Crippen molar-refractivity contribution < 1.29 is 14.1 Å². The Morgan fingerprint density at radius 3 is 1.67 bits per heavy atom. The van der Waals surface area contributed by atoms with Crippen LogP contribution in [0.5, 0.6) is 0 Å². The number of nitrogens with one attached hydrogen (secondary N) is 1. The van der Waals surface area contributed by atoms with Gasteiger partial charge in [-0.15, -0.1) is 0 Å². The number of carboxylic acids is 1. The molecule has 30 heavy (non-hydrogen) atoms. The van der Waals surface area contributed by atoms with Crippen molar-refractivity contribution in [2.75, 3.05) is 0 Å². The first-order valence-corrected chi connectivity index (χ1v) is 10.7. The van der Waals surface area contributed by atoms with E-state index >= 15 is 0 Å². The van der Waals surface area contributed by atoms with Crippen molar-refractivity contribution in [2.45, 2.75) is 12.0 Å². The van der Waals surface area contributed by atoms with Gasteiger partial charge in [-0.1, -0.05) is 91.0 Å². The van der Waals surface area contributed by atoms with Crippen molar-refractivity contribution in [3.8, 4) is 0 Å². The zero-order chi connectivity index (χ0) is 21.0. The average molecular weight is 417 g/mol. The van der Waals surface area contributed by atoms with Gasteiger partial charge in [-0.3, -0.25) is 4.79 Å². The zero-order valence-corrected chi connectivity index (χ0v) is 16.9. The molecule has 1 heterocycles. The van der Waals surface area contributed by atoms with Gasteiger partial charge in [0.2, 0.25) is 0 Å². The summed E-state index contributed by atoms with van der Waals surface area (Å²) in [5, 5.41) is 14.1. The summed E-state index contributed by atoms with van der Waals surface area (Å²) in [5.41, 5.74) is 2.29. The number of benzene rings is 3. The number of amidine groups is 1. The maximum Gasteiger partial charge on any atom is 0.309 e. The lowest BCUT2D eigenvalue weighted by Crippen LogP contribution is -2.48. The van der Waals surface area contributed by atoms with E-state index in [-0.39, 0.29) is 17.3 Å². The van der Waals surface area contributed by atoms with Crippen LogP contribution in [-0.2, 0) is 21.1 Å². The second-order valence-electron chi connectivity index (χ2n) is 6.87. The molecule has 0 saturated carbocycles. The van der Waals surface area contributed by atoms with Gasteiger partial charge in [0.05, 0.1) is 12.1 Å². The molecule has 1 aliphatic heterocycles. The molecule has 150 valence electrons. The van der Waals surface area contributed by atoms with Crippen LogP contribution in [0.4, 0.5) is 0 Å². The molecule has 0 radical (unpaired) electrons. The summed E-state index contributed by atoms with van der Waals surface area (Å²) in [6, 6.07) is 29.6. The van der Waals surface area contributed by atoms with E-state index in [1.807, 2.05) is 91.0 Å². The van der Waals surface area contributed by atoms with E-state index in [4.69, 9.17) is 5.11 Å². The molecule has 1 aliphatic rings. The number of hydrogen-bond donors (Lipinski definition) is 2. The summed E-state index contributed by atoms with van der Waals surface area (Å²) in [4.78, 5) is 15.4. The molecular weight excluding hydrogens is 396 g/mol. The van der Waals surface area contributed by atoms with Gasteiger partial charge in [-0.05, 0) is 16.7 Å². The zero-order valence-electron chi connectivity index (χ0n) is 16.1. The molecule has 0 bridgehead atoms. The first kappa shape index (κ1) is 19.8. The average Bonchev–Trinajstić information content (AvgIpc) is 3.11. The Kier molecular flexibility index (Phi) is 5.59. The lowest BCUT2D eigenvalue weighted by Gasteiger charge is -2.37. The fourth-order valence-corrected chi connectivity index (χ4v) is 4.59. The Balaban J connectivity index is 1.90. The summed E-state index contributed by atoms with van der Waals surface area (Å²) >= 11 is 0. The van der Waals surface area contributed by atoms with Crippen LogP contribution >= 0.6 is 0 Å². The molecule has 4 rings (SSSR count). The highest BCUT2D eigenvalue weighted by atomic mass is 32.2. The number of rotatable bonds is 6. The molecule has 1 unspecified atom stereocenters. The Morgan fingerprint density at radius 2 is 1.27 bits per heavy atom. The van der Waals surface area contributed by atoms with Gasteiger partial charge in [0.25, 0.3) is 0 Å². The van der Waals surface area contributed by atoms with E-state index < -0.39 is 22.3 Å². The van der Waals surface area contributed by atoms with Crippen molar-refractivity contribution in [3.63, 3.8) is 0 Å². The fraction of sp³-hybridized carbons (Fsp3) is 0.0833. The van der Waals surface area contributed by atoms with Crippen molar-refractivity contribution in [1.82, 2.24) is 5.32 Å². The third-order valence-corrected chi connectivity index (χ3v) is 5.99. The molecule has 0 fully saturated rings. The van der Waals surface area contributed by atoms with Crippen LogP contribution in [0.1, 0.15) is 23.1 Å². The number of hydrogen-bond acceptors (Lipinski definition) is 4. The van der Waals surface area contributed by atoms with Crippen LogP contribution in [0, 0.1) is 0 Å².